The highest BCUT2D eigenvalue weighted by molar-refractivity contribution is 7.89. The van der Waals surface area contributed by atoms with Gasteiger partial charge in [0.25, 0.3) is 5.91 Å². The molecule has 0 aliphatic heterocycles. The van der Waals surface area contributed by atoms with E-state index in [0.29, 0.717) is 5.56 Å². The highest BCUT2D eigenvalue weighted by atomic mass is 32.2. The van der Waals surface area contributed by atoms with Crippen LogP contribution in [-0.2, 0) is 10.0 Å². The van der Waals surface area contributed by atoms with E-state index in [-0.39, 0.29) is 18.2 Å². The van der Waals surface area contributed by atoms with Crippen molar-refractivity contribution in [2.45, 2.75) is 0 Å². The van der Waals surface area contributed by atoms with Crippen LogP contribution >= 0.6 is 0 Å². The van der Waals surface area contributed by atoms with Gasteiger partial charge in [-0.3, -0.25) is 4.79 Å². The van der Waals surface area contributed by atoms with Gasteiger partial charge in [0.15, 0.2) is 0 Å². The summed E-state index contributed by atoms with van der Waals surface area (Å²) in [6, 6.07) is 17.0. The van der Waals surface area contributed by atoms with Crippen LogP contribution in [0.3, 0.4) is 0 Å². The first-order chi connectivity index (χ1) is 10.5. The highest BCUT2D eigenvalue weighted by Gasteiger charge is 2.09. The summed E-state index contributed by atoms with van der Waals surface area (Å²) in [6.45, 7) is 0.0719. The van der Waals surface area contributed by atoms with Gasteiger partial charge in [-0.15, -0.1) is 0 Å². The van der Waals surface area contributed by atoms with E-state index >= 15 is 0 Å². The molecule has 1 amide bonds. The van der Waals surface area contributed by atoms with Gasteiger partial charge < -0.3 is 5.32 Å². The van der Waals surface area contributed by atoms with Gasteiger partial charge in [-0.2, -0.15) is 0 Å². The van der Waals surface area contributed by atoms with Crippen molar-refractivity contribution in [3.05, 3.63) is 60.2 Å². The Balaban J connectivity index is 1.97. The lowest BCUT2D eigenvalue weighted by atomic mass is 10.0. The number of sulfonamides is 1. The Morgan fingerprint density at radius 3 is 2.14 bits per heavy atom. The highest BCUT2D eigenvalue weighted by Crippen LogP contribution is 2.19. The molecular weight excluding hydrogens is 300 g/mol. The van der Waals surface area contributed by atoms with Gasteiger partial charge in [-0.05, 0) is 30.3 Å². The van der Waals surface area contributed by atoms with Crippen molar-refractivity contribution in [1.29, 1.82) is 0 Å². The average Bonchev–Trinajstić information content (AvgIpc) is 2.55. The molecule has 0 heterocycles. The molecule has 0 spiro atoms. The van der Waals surface area contributed by atoms with E-state index in [1.165, 1.54) is 7.05 Å². The quantitative estimate of drug-likeness (QED) is 0.850. The summed E-state index contributed by atoms with van der Waals surface area (Å²) in [6.07, 6.45) is 0. The van der Waals surface area contributed by atoms with Gasteiger partial charge in [-0.1, -0.05) is 42.5 Å². The summed E-state index contributed by atoms with van der Waals surface area (Å²) in [5.74, 6) is -0.428. The molecule has 6 heteroatoms. The third-order valence-corrected chi connectivity index (χ3v) is 4.59. The van der Waals surface area contributed by atoms with E-state index in [9.17, 15) is 13.2 Å². The van der Waals surface area contributed by atoms with Crippen molar-refractivity contribution < 1.29 is 13.2 Å². The summed E-state index contributed by atoms with van der Waals surface area (Å²) in [7, 11) is -1.96. The third-order valence-electron chi connectivity index (χ3n) is 3.22. The number of carbonyl (C=O) groups is 1. The first kappa shape index (κ1) is 16.2. The molecule has 2 aromatic rings. The zero-order chi connectivity index (χ0) is 16.0. The summed E-state index contributed by atoms with van der Waals surface area (Å²) in [4.78, 5) is 11.9. The molecule has 0 bridgehead atoms. The Bertz CT molecular complexity index is 726. The van der Waals surface area contributed by atoms with E-state index in [0.717, 1.165) is 11.1 Å². The number of carbonyl (C=O) groups excluding carboxylic acids is 1. The molecule has 0 radical (unpaired) electrons. The molecular formula is C16H18N2O3S. The number of benzene rings is 2. The zero-order valence-electron chi connectivity index (χ0n) is 12.2. The Morgan fingerprint density at radius 1 is 0.955 bits per heavy atom. The standard InChI is InChI=1S/C16H18N2O3S/c1-17-22(20,21)12-11-18-16(19)15-9-7-14(8-10-15)13-5-3-2-4-6-13/h2-10,17H,11-12H2,1H3,(H,18,19). The SMILES string of the molecule is CNS(=O)(=O)CCNC(=O)c1ccc(-c2ccccc2)cc1. The molecule has 116 valence electrons. The minimum absolute atomic E-state index is 0.0719. The molecule has 0 fully saturated rings. The minimum atomic E-state index is -3.30. The van der Waals surface area contributed by atoms with E-state index in [4.69, 9.17) is 0 Å². The summed E-state index contributed by atoms with van der Waals surface area (Å²) in [5.41, 5.74) is 2.60. The zero-order valence-corrected chi connectivity index (χ0v) is 13.1. The lowest BCUT2D eigenvalue weighted by Crippen LogP contribution is -2.32. The molecule has 0 aliphatic carbocycles. The van der Waals surface area contributed by atoms with Crippen molar-refractivity contribution in [3.63, 3.8) is 0 Å². The van der Waals surface area contributed by atoms with Gasteiger partial charge in [0.2, 0.25) is 10.0 Å². The predicted octanol–water partition coefficient (Wildman–Crippen LogP) is 1.63. The molecule has 0 saturated carbocycles. The summed E-state index contributed by atoms with van der Waals surface area (Å²) < 4.78 is 24.7. The van der Waals surface area contributed by atoms with Crippen LogP contribution in [0.1, 0.15) is 10.4 Å². The Morgan fingerprint density at radius 2 is 1.55 bits per heavy atom. The van der Waals surface area contributed by atoms with Crippen LogP contribution in [0.15, 0.2) is 54.6 Å². The molecule has 2 rings (SSSR count). The number of amides is 1. The van der Waals surface area contributed by atoms with E-state index in [1.807, 2.05) is 42.5 Å². The molecule has 0 aromatic heterocycles. The lowest BCUT2D eigenvalue weighted by molar-refractivity contribution is 0.0956. The van der Waals surface area contributed by atoms with Crippen molar-refractivity contribution in [1.82, 2.24) is 10.0 Å². The van der Waals surface area contributed by atoms with Gasteiger partial charge >= 0.3 is 0 Å². The van der Waals surface area contributed by atoms with Gasteiger partial charge in [0.1, 0.15) is 0 Å². The van der Waals surface area contributed by atoms with E-state index in [1.54, 1.807) is 12.1 Å². The van der Waals surface area contributed by atoms with Gasteiger partial charge in [-0.25, -0.2) is 13.1 Å². The van der Waals surface area contributed by atoms with Crippen LogP contribution in [0, 0.1) is 0 Å². The first-order valence-electron chi connectivity index (χ1n) is 6.87. The Labute approximate surface area is 130 Å². The molecule has 22 heavy (non-hydrogen) atoms. The van der Waals surface area contributed by atoms with Crippen LogP contribution in [0.25, 0.3) is 11.1 Å². The van der Waals surface area contributed by atoms with Gasteiger partial charge in [0, 0.05) is 12.1 Å². The topological polar surface area (TPSA) is 75.3 Å². The monoisotopic (exact) mass is 318 g/mol. The number of hydrogen-bond donors (Lipinski definition) is 2. The lowest BCUT2D eigenvalue weighted by Gasteiger charge is -2.07. The minimum Gasteiger partial charge on any atom is -0.351 e. The normalized spacial score (nSPS) is 11.1. The van der Waals surface area contributed by atoms with Crippen molar-refractivity contribution in [2.24, 2.45) is 0 Å². The smallest absolute Gasteiger partial charge is 0.251 e. The fourth-order valence-electron chi connectivity index (χ4n) is 1.95. The maximum absolute atomic E-state index is 11.9. The number of rotatable bonds is 6. The fourth-order valence-corrected chi connectivity index (χ4v) is 2.52. The van der Waals surface area contributed by atoms with Crippen LogP contribution in [0.4, 0.5) is 0 Å². The maximum Gasteiger partial charge on any atom is 0.251 e. The average molecular weight is 318 g/mol. The predicted molar refractivity (Wildman–Crippen MR) is 87.1 cm³/mol. The second-order valence-corrected chi connectivity index (χ2v) is 6.77. The Hall–Kier alpha value is -2.18. The van der Waals surface area contributed by atoms with Crippen LogP contribution in [0.2, 0.25) is 0 Å². The largest absolute Gasteiger partial charge is 0.351 e. The van der Waals surface area contributed by atoms with Crippen LogP contribution in [-0.4, -0.2) is 33.7 Å². The molecule has 0 unspecified atom stereocenters. The summed E-state index contributed by atoms with van der Waals surface area (Å²) in [5, 5.41) is 2.59. The van der Waals surface area contributed by atoms with Crippen LogP contribution < -0.4 is 10.0 Å². The van der Waals surface area contributed by atoms with Crippen molar-refractivity contribution >= 4 is 15.9 Å². The molecule has 5 nitrogen and oxygen atoms in total. The second-order valence-electron chi connectivity index (χ2n) is 4.72. The molecule has 2 aromatic carbocycles. The summed E-state index contributed by atoms with van der Waals surface area (Å²) >= 11 is 0. The fraction of sp³-hybridized carbons (Fsp3) is 0.188. The van der Waals surface area contributed by atoms with Crippen LogP contribution in [0.5, 0.6) is 0 Å². The third kappa shape index (κ3) is 4.41. The molecule has 0 aliphatic rings. The van der Waals surface area contributed by atoms with E-state index in [2.05, 4.69) is 10.0 Å². The van der Waals surface area contributed by atoms with Crippen molar-refractivity contribution in [2.75, 3.05) is 19.3 Å². The van der Waals surface area contributed by atoms with Crippen molar-refractivity contribution in [3.8, 4) is 11.1 Å². The first-order valence-corrected chi connectivity index (χ1v) is 8.52. The second kappa shape index (κ2) is 7.20. The van der Waals surface area contributed by atoms with Gasteiger partial charge in [0.05, 0.1) is 5.75 Å². The number of hydrogen-bond acceptors (Lipinski definition) is 3. The molecule has 0 atom stereocenters. The Kier molecular flexibility index (Phi) is 5.30. The molecule has 2 N–H and O–H groups in total. The number of nitrogens with one attached hydrogen (secondary N) is 2. The molecule has 0 saturated heterocycles. The maximum atomic E-state index is 11.9. The van der Waals surface area contributed by atoms with E-state index < -0.39 is 10.0 Å².